The molecular formula is C14H22N2O. The third kappa shape index (κ3) is 3.53. The molecule has 1 saturated heterocycles. The maximum atomic E-state index is 9.09. The quantitative estimate of drug-likeness (QED) is 0.827. The van der Waals surface area contributed by atoms with Crippen LogP contribution in [0.15, 0.2) is 30.3 Å². The molecule has 17 heavy (non-hydrogen) atoms. The van der Waals surface area contributed by atoms with E-state index in [-0.39, 0.29) is 6.04 Å². The topological polar surface area (TPSA) is 49.5 Å². The molecule has 1 aliphatic heterocycles. The highest BCUT2D eigenvalue weighted by Crippen LogP contribution is 2.19. The van der Waals surface area contributed by atoms with E-state index in [1.807, 2.05) is 18.2 Å². The van der Waals surface area contributed by atoms with Crippen molar-refractivity contribution in [3.8, 4) is 0 Å². The predicted octanol–water partition coefficient (Wildman–Crippen LogP) is 1.39. The van der Waals surface area contributed by atoms with Crippen LogP contribution in [0.2, 0.25) is 0 Å². The van der Waals surface area contributed by atoms with E-state index in [0.29, 0.717) is 12.5 Å². The predicted molar refractivity (Wildman–Crippen MR) is 69.6 cm³/mol. The van der Waals surface area contributed by atoms with Gasteiger partial charge in [0.15, 0.2) is 0 Å². The van der Waals surface area contributed by atoms with E-state index in [2.05, 4.69) is 17.0 Å². The molecular weight excluding hydrogens is 212 g/mol. The van der Waals surface area contributed by atoms with Crippen LogP contribution in [0.5, 0.6) is 0 Å². The van der Waals surface area contributed by atoms with Gasteiger partial charge in [-0.1, -0.05) is 30.3 Å². The highest BCUT2D eigenvalue weighted by Gasteiger charge is 2.20. The maximum absolute atomic E-state index is 9.09. The van der Waals surface area contributed by atoms with Crippen LogP contribution in [0.1, 0.15) is 24.4 Å². The molecule has 0 spiro atoms. The minimum absolute atomic E-state index is 0.0990. The molecule has 0 aromatic heterocycles. The van der Waals surface area contributed by atoms with Crippen LogP contribution in [-0.4, -0.2) is 36.2 Å². The highest BCUT2D eigenvalue weighted by atomic mass is 16.3. The number of likely N-dealkylation sites (tertiary alicyclic amines) is 1. The average molecular weight is 234 g/mol. The van der Waals surface area contributed by atoms with Gasteiger partial charge in [-0.05, 0) is 37.4 Å². The van der Waals surface area contributed by atoms with Crippen LogP contribution in [0.25, 0.3) is 0 Å². The second-order valence-electron chi connectivity index (χ2n) is 4.94. The summed E-state index contributed by atoms with van der Waals surface area (Å²) in [6, 6.07) is 10.4. The van der Waals surface area contributed by atoms with Crippen LogP contribution >= 0.6 is 0 Å². The number of piperidine rings is 1. The first-order valence-electron chi connectivity index (χ1n) is 6.43. The fourth-order valence-corrected chi connectivity index (χ4v) is 2.44. The Labute approximate surface area is 103 Å². The Morgan fingerprint density at radius 2 is 1.88 bits per heavy atom. The second kappa shape index (κ2) is 6.15. The molecule has 1 heterocycles. The summed E-state index contributed by atoms with van der Waals surface area (Å²) < 4.78 is 0. The van der Waals surface area contributed by atoms with Gasteiger partial charge in [-0.2, -0.15) is 0 Å². The Hall–Kier alpha value is -0.900. The van der Waals surface area contributed by atoms with Crippen molar-refractivity contribution in [1.82, 2.24) is 4.90 Å². The molecule has 3 heteroatoms. The smallest absolute Gasteiger partial charge is 0.0460 e. The van der Waals surface area contributed by atoms with E-state index >= 15 is 0 Å². The Bertz CT molecular complexity index is 320. The fourth-order valence-electron chi connectivity index (χ4n) is 2.44. The minimum atomic E-state index is 0.0990. The van der Waals surface area contributed by atoms with Gasteiger partial charge in [-0.25, -0.2) is 0 Å². The van der Waals surface area contributed by atoms with Crippen molar-refractivity contribution in [2.75, 3.05) is 26.2 Å². The van der Waals surface area contributed by atoms with Crippen LogP contribution in [0.3, 0.4) is 0 Å². The van der Waals surface area contributed by atoms with E-state index in [9.17, 15) is 0 Å². The monoisotopic (exact) mass is 234 g/mol. The summed E-state index contributed by atoms with van der Waals surface area (Å²) in [5, 5.41) is 9.09. The molecule has 94 valence electrons. The minimum Gasteiger partial charge on any atom is -0.396 e. The van der Waals surface area contributed by atoms with Gasteiger partial charge in [0.25, 0.3) is 0 Å². The molecule has 1 fully saturated rings. The first kappa shape index (κ1) is 12.6. The highest BCUT2D eigenvalue weighted by molar-refractivity contribution is 5.18. The first-order chi connectivity index (χ1) is 8.29. The SMILES string of the molecule is N[C@@H](CN1CCC(CO)CC1)c1ccccc1. The van der Waals surface area contributed by atoms with Gasteiger partial charge in [0.2, 0.25) is 0 Å². The molecule has 1 atom stereocenters. The fraction of sp³-hybridized carbons (Fsp3) is 0.571. The maximum Gasteiger partial charge on any atom is 0.0460 e. The van der Waals surface area contributed by atoms with Gasteiger partial charge in [-0.15, -0.1) is 0 Å². The molecule has 0 amide bonds. The molecule has 1 aromatic rings. The molecule has 0 radical (unpaired) electrons. The molecule has 1 aliphatic rings. The van der Waals surface area contributed by atoms with Gasteiger partial charge in [0, 0.05) is 19.2 Å². The Balaban J connectivity index is 1.82. The Kier molecular flexibility index (Phi) is 4.54. The van der Waals surface area contributed by atoms with Gasteiger partial charge >= 0.3 is 0 Å². The van der Waals surface area contributed by atoms with Gasteiger partial charge in [0.05, 0.1) is 0 Å². The number of aliphatic hydroxyl groups excluding tert-OH is 1. The lowest BCUT2D eigenvalue weighted by molar-refractivity contribution is 0.127. The molecule has 0 aliphatic carbocycles. The molecule has 0 saturated carbocycles. The van der Waals surface area contributed by atoms with Crippen LogP contribution in [0.4, 0.5) is 0 Å². The second-order valence-corrected chi connectivity index (χ2v) is 4.94. The number of nitrogens with two attached hydrogens (primary N) is 1. The molecule has 0 bridgehead atoms. The lowest BCUT2D eigenvalue weighted by Gasteiger charge is -2.32. The summed E-state index contributed by atoms with van der Waals surface area (Å²) in [6.07, 6.45) is 2.19. The van der Waals surface area contributed by atoms with E-state index in [1.54, 1.807) is 0 Å². The van der Waals surface area contributed by atoms with Crippen molar-refractivity contribution in [2.45, 2.75) is 18.9 Å². The van der Waals surface area contributed by atoms with Gasteiger partial charge in [0.1, 0.15) is 0 Å². The van der Waals surface area contributed by atoms with Crippen molar-refractivity contribution in [3.63, 3.8) is 0 Å². The average Bonchev–Trinajstić information content (AvgIpc) is 2.40. The largest absolute Gasteiger partial charge is 0.396 e. The van der Waals surface area contributed by atoms with Crippen molar-refractivity contribution in [2.24, 2.45) is 11.7 Å². The summed E-state index contributed by atoms with van der Waals surface area (Å²) in [5.41, 5.74) is 7.41. The van der Waals surface area contributed by atoms with Crippen molar-refractivity contribution in [3.05, 3.63) is 35.9 Å². The molecule has 2 rings (SSSR count). The number of benzene rings is 1. The number of hydrogen-bond donors (Lipinski definition) is 2. The number of nitrogens with zero attached hydrogens (tertiary/aromatic N) is 1. The summed E-state index contributed by atoms with van der Waals surface area (Å²) in [4.78, 5) is 2.41. The molecule has 0 unspecified atom stereocenters. The van der Waals surface area contributed by atoms with Crippen molar-refractivity contribution < 1.29 is 5.11 Å². The Morgan fingerprint density at radius 1 is 1.24 bits per heavy atom. The summed E-state index contributed by atoms with van der Waals surface area (Å²) in [5.74, 6) is 0.499. The van der Waals surface area contributed by atoms with Crippen LogP contribution in [-0.2, 0) is 0 Å². The third-order valence-electron chi connectivity index (χ3n) is 3.65. The van der Waals surface area contributed by atoms with Crippen molar-refractivity contribution >= 4 is 0 Å². The van der Waals surface area contributed by atoms with Crippen LogP contribution in [0, 0.1) is 5.92 Å². The van der Waals surface area contributed by atoms with Gasteiger partial charge in [-0.3, -0.25) is 0 Å². The summed E-state index contributed by atoms with van der Waals surface area (Å²) in [7, 11) is 0. The standard InChI is InChI=1S/C14H22N2O/c15-14(13-4-2-1-3-5-13)10-16-8-6-12(11-17)7-9-16/h1-5,12,14,17H,6-11,15H2/t14-/m0/s1. The van der Waals surface area contributed by atoms with Crippen LogP contribution < -0.4 is 5.73 Å². The van der Waals surface area contributed by atoms with E-state index < -0.39 is 0 Å². The zero-order valence-corrected chi connectivity index (χ0v) is 10.3. The molecule has 3 N–H and O–H groups in total. The summed E-state index contributed by atoms with van der Waals surface area (Å²) in [6.45, 7) is 3.37. The molecule has 3 nitrogen and oxygen atoms in total. The number of aliphatic hydroxyl groups is 1. The number of hydrogen-bond acceptors (Lipinski definition) is 3. The van der Waals surface area contributed by atoms with E-state index in [4.69, 9.17) is 10.8 Å². The third-order valence-corrected chi connectivity index (χ3v) is 3.65. The summed E-state index contributed by atoms with van der Waals surface area (Å²) >= 11 is 0. The first-order valence-corrected chi connectivity index (χ1v) is 6.43. The number of rotatable bonds is 4. The molecule has 1 aromatic carbocycles. The van der Waals surface area contributed by atoms with Crippen molar-refractivity contribution in [1.29, 1.82) is 0 Å². The van der Waals surface area contributed by atoms with E-state index in [1.165, 1.54) is 5.56 Å². The van der Waals surface area contributed by atoms with E-state index in [0.717, 1.165) is 32.5 Å². The zero-order chi connectivity index (χ0) is 12.1. The zero-order valence-electron chi connectivity index (χ0n) is 10.3. The lowest BCUT2D eigenvalue weighted by Crippen LogP contribution is -2.39. The van der Waals surface area contributed by atoms with Gasteiger partial charge < -0.3 is 15.7 Å². The lowest BCUT2D eigenvalue weighted by atomic mass is 9.97. The Morgan fingerprint density at radius 3 is 2.47 bits per heavy atom. The normalized spacial score (nSPS) is 20.4.